The van der Waals surface area contributed by atoms with Crippen LogP contribution in [0.1, 0.15) is 31.2 Å². The Morgan fingerprint density at radius 3 is 2.56 bits per heavy atom. The van der Waals surface area contributed by atoms with Crippen molar-refractivity contribution in [1.82, 2.24) is 10.2 Å². The predicted molar refractivity (Wildman–Crippen MR) is 101 cm³/mol. The van der Waals surface area contributed by atoms with E-state index in [9.17, 15) is 9.59 Å². The highest BCUT2D eigenvalue weighted by Crippen LogP contribution is 2.38. The number of benzene rings is 1. The topological polar surface area (TPSA) is 67.9 Å². The van der Waals surface area contributed by atoms with Crippen LogP contribution < -0.4 is 14.8 Å². The minimum atomic E-state index is -0.00268. The summed E-state index contributed by atoms with van der Waals surface area (Å²) < 4.78 is 11.1. The summed E-state index contributed by atoms with van der Waals surface area (Å²) in [5.74, 6) is 1.89. The summed E-state index contributed by atoms with van der Waals surface area (Å²) in [4.78, 5) is 26.4. The van der Waals surface area contributed by atoms with Crippen LogP contribution in [0.15, 0.2) is 12.1 Å². The number of piperidine rings is 1. The van der Waals surface area contributed by atoms with E-state index in [1.165, 1.54) is 0 Å². The quantitative estimate of drug-likeness (QED) is 0.835. The standard InChI is InChI=1S/C20H25ClN2O4/c21-16-11-13(12-17-18(16)27-10-9-26-17)3-6-22-19(24)14-4-7-23(8-5-14)20(25)15-1-2-15/h11-12,14-15H,1-10H2,(H,22,24). The third-order valence-electron chi connectivity index (χ3n) is 5.47. The molecular weight excluding hydrogens is 368 g/mol. The maximum atomic E-state index is 12.4. The fourth-order valence-electron chi connectivity index (χ4n) is 3.73. The van der Waals surface area contributed by atoms with Gasteiger partial charge in [0, 0.05) is 31.5 Å². The fraction of sp³-hybridized carbons (Fsp3) is 0.600. The smallest absolute Gasteiger partial charge is 0.225 e. The number of nitrogens with zero attached hydrogens (tertiary/aromatic N) is 1. The maximum Gasteiger partial charge on any atom is 0.225 e. The van der Waals surface area contributed by atoms with E-state index in [2.05, 4.69) is 5.32 Å². The summed E-state index contributed by atoms with van der Waals surface area (Å²) >= 11 is 6.25. The second kappa shape index (κ2) is 7.97. The highest BCUT2D eigenvalue weighted by molar-refractivity contribution is 6.32. The Morgan fingerprint density at radius 2 is 1.81 bits per heavy atom. The van der Waals surface area contributed by atoms with Crippen LogP contribution in [-0.2, 0) is 16.0 Å². The monoisotopic (exact) mass is 392 g/mol. The Balaban J connectivity index is 1.23. The minimum Gasteiger partial charge on any atom is -0.486 e. The van der Waals surface area contributed by atoms with Crippen molar-refractivity contribution < 1.29 is 19.1 Å². The minimum absolute atomic E-state index is 0.00268. The number of rotatable bonds is 5. The number of carbonyl (C=O) groups is 2. The van der Waals surface area contributed by atoms with Gasteiger partial charge in [0.15, 0.2) is 11.5 Å². The highest BCUT2D eigenvalue weighted by atomic mass is 35.5. The van der Waals surface area contributed by atoms with Crippen molar-refractivity contribution in [3.63, 3.8) is 0 Å². The molecule has 146 valence electrons. The van der Waals surface area contributed by atoms with E-state index in [1.54, 1.807) is 0 Å². The Hall–Kier alpha value is -1.95. The van der Waals surface area contributed by atoms with Gasteiger partial charge in [-0.3, -0.25) is 9.59 Å². The molecule has 7 heteroatoms. The summed E-state index contributed by atoms with van der Waals surface area (Å²) in [5, 5.41) is 3.56. The number of hydrogen-bond donors (Lipinski definition) is 1. The van der Waals surface area contributed by atoms with Gasteiger partial charge >= 0.3 is 0 Å². The summed E-state index contributed by atoms with van der Waals surface area (Å²) in [5.41, 5.74) is 1.01. The van der Waals surface area contributed by atoms with Crippen molar-refractivity contribution in [3.8, 4) is 11.5 Å². The lowest BCUT2D eigenvalue weighted by Gasteiger charge is -2.31. The first kappa shape index (κ1) is 18.4. The van der Waals surface area contributed by atoms with Crippen LogP contribution >= 0.6 is 11.6 Å². The van der Waals surface area contributed by atoms with Gasteiger partial charge in [-0.25, -0.2) is 0 Å². The van der Waals surface area contributed by atoms with Crippen molar-refractivity contribution in [2.24, 2.45) is 11.8 Å². The Labute approximate surface area is 164 Å². The zero-order valence-corrected chi connectivity index (χ0v) is 16.1. The normalized spacial score (nSPS) is 19.7. The molecule has 2 heterocycles. The van der Waals surface area contributed by atoms with Gasteiger partial charge in [0.25, 0.3) is 0 Å². The molecule has 1 saturated heterocycles. The number of amides is 2. The molecule has 1 aliphatic carbocycles. The molecule has 1 aromatic carbocycles. The van der Waals surface area contributed by atoms with Gasteiger partial charge in [-0.15, -0.1) is 0 Å². The Kier molecular flexibility index (Phi) is 5.43. The molecule has 2 fully saturated rings. The molecule has 0 spiro atoms. The second-order valence-electron chi connectivity index (χ2n) is 7.52. The number of halogens is 1. The molecule has 0 unspecified atom stereocenters. The summed E-state index contributed by atoms with van der Waals surface area (Å²) in [7, 11) is 0. The SMILES string of the molecule is O=C(NCCc1cc(Cl)c2c(c1)OCCO2)C1CCN(C(=O)C2CC2)CC1. The van der Waals surface area contributed by atoms with Crippen LogP contribution in [0.2, 0.25) is 5.02 Å². The average Bonchev–Trinajstić information content (AvgIpc) is 3.53. The number of carbonyl (C=O) groups excluding carboxylic acids is 2. The highest BCUT2D eigenvalue weighted by Gasteiger charge is 2.35. The zero-order chi connectivity index (χ0) is 18.8. The van der Waals surface area contributed by atoms with Crippen molar-refractivity contribution in [1.29, 1.82) is 0 Å². The van der Waals surface area contributed by atoms with Gasteiger partial charge in [-0.05, 0) is 49.8 Å². The van der Waals surface area contributed by atoms with Gasteiger partial charge in [0.1, 0.15) is 13.2 Å². The van der Waals surface area contributed by atoms with Crippen molar-refractivity contribution in [2.45, 2.75) is 32.1 Å². The second-order valence-corrected chi connectivity index (χ2v) is 7.92. The molecule has 0 radical (unpaired) electrons. The molecule has 1 saturated carbocycles. The molecule has 0 aromatic heterocycles. The average molecular weight is 393 g/mol. The number of likely N-dealkylation sites (tertiary alicyclic amines) is 1. The van der Waals surface area contributed by atoms with Gasteiger partial charge in [0.05, 0.1) is 5.02 Å². The third-order valence-corrected chi connectivity index (χ3v) is 5.75. The predicted octanol–water partition coefficient (Wildman–Crippen LogP) is 2.42. The maximum absolute atomic E-state index is 12.4. The lowest BCUT2D eigenvalue weighted by Crippen LogP contribution is -2.43. The first-order valence-electron chi connectivity index (χ1n) is 9.76. The van der Waals surface area contributed by atoms with Crippen molar-refractivity contribution >= 4 is 23.4 Å². The van der Waals surface area contributed by atoms with E-state index in [4.69, 9.17) is 21.1 Å². The van der Waals surface area contributed by atoms with Crippen LogP contribution in [0.3, 0.4) is 0 Å². The third kappa shape index (κ3) is 4.32. The number of ether oxygens (including phenoxy) is 2. The molecule has 6 nitrogen and oxygen atoms in total. The molecular formula is C20H25ClN2O4. The van der Waals surface area contributed by atoms with Crippen LogP contribution in [0.4, 0.5) is 0 Å². The van der Waals surface area contributed by atoms with E-state index < -0.39 is 0 Å². The van der Waals surface area contributed by atoms with E-state index >= 15 is 0 Å². The Morgan fingerprint density at radius 1 is 1.07 bits per heavy atom. The number of fused-ring (bicyclic) bond motifs is 1. The zero-order valence-electron chi connectivity index (χ0n) is 15.3. The molecule has 27 heavy (non-hydrogen) atoms. The van der Waals surface area contributed by atoms with Crippen molar-refractivity contribution in [2.75, 3.05) is 32.8 Å². The van der Waals surface area contributed by atoms with Gasteiger partial charge in [-0.1, -0.05) is 11.6 Å². The molecule has 3 aliphatic rings. The van der Waals surface area contributed by atoms with E-state index in [0.29, 0.717) is 55.8 Å². The van der Waals surface area contributed by atoms with E-state index in [-0.39, 0.29) is 23.7 Å². The summed E-state index contributed by atoms with van der Waals surface area (Å²) in [6.07, 6.45) is 4.24. The number of nitrogens with one attached hydrogen (secondary N) is 1. The lowest BCUT2D eigenvalue weighted by molar-refractivity contribution is -0.136. The summed E-state index contributed by atoms with van der Waals surface area (Å²) in [6, 6.07) is 3.79. The molecule has 4 rings (SSSR count). The van der Waals surface area contributed by atoms with Crippen LogP contribution in [0.5, 0.6) is 11.5 Å². The van der Waals surface area contributed by atoms with Crippen molar-refractivity contribution in [3.05, 3.63) is 22.7 Å². The first-order chi connectivity index (χ1) is 13.1. The van der Waals surface area contributed by atoms with Gasteiger partial charge in [-0.2, -0.15) is 0 Å². The van der Waals surface area contributed by atoms with Gasteiger partial charge < -0.3 is 19.7 Å². The molecule has 2 amide bonds. The molecule has 0 atom stereocenters. The Bertz CT molecular complexity index is 727. The van der Waals surface area contributed by atoms with E-state index in [1.807, 2.05) is 17.0 Å². The molecule has 1 N–H and O–H groups in total. The molecule has 2 aliphatic heterocycles. The first-order valence-corrected chi connectivity index (χ1v) is 10.1. The molecule has 1 aromatic rings. The van der Waals surface area contributed by atoms with Crippen LogP contribution in [0, 0.1) is 11.8 Å². The number of hydrogen-bond acceptors (Lipinski definition) is 4. The summed E-state index contributed by atoms with van der Waals surface area (Å²) in [6.45, 7) is 2.98. The van der Waals surface area contributed by atoms with Crippen LogP contribution in [-0.4, -0.2) is 49.6 Å². The van der Waals surface area contributed by atoms with Gasteiger partial charge in [0.2, 0.25) is 11.8 Å². The lowest BCUT2D eigenvalue weighted by atomic mass is 9.95. The largest absolute Gasteiger partial charge is 0.486 e. The van der Waals surface area contributed by atoms with E-state index in [0.717, 1.165) is 31.2 Å². The molecule has 0 bridgehead atoms. The van der Waals surface area contributed by atoms with Crippen LogP contribution in [0.25, 0.3) is 0 Å². The fourth-order valence-corrected chi connectivity index (χ4v) is 4.02.